The third-order valence-electron chi connectivity index (χ3n) is 9.99. The van der Waals surface area contributed by atoms with E-state index in [1.54, 1.807) is 0 Å². The molecule has 0 radical (unpaired) electrons. The van der Waals surface area contributed by atoms with Crippen LogP contribution in [0.5, 0.6) is 0 Å². The van der Waals surface area contributed by atoms with Crippen LogP contribution < -0.4 is 0 Å². The first-order valence-electron chi connectivity index (χ1n) is 23.2. The van der Waals surface area contributed by atoms with Gasteiger partial charge in [0, 0.05) is 12.8 Å². The van der Waals surface area contributed by atoms with Crippen LogP contribution in [0, 0.1) is 0 Å². The zero-order valence-corrected chi connectivity index (χ0v) is 38.5. The predicted octanol–water partition coefficient (Wildman–Crippen LogP) is 9.67. The molecule has 1 rings (SSSR count). The number of rotatable bonds is 37. The van der Waals surface area contributed by atoms with Crippen molar-refractivity contribution in [2.75, 3.05) is 19.0 Å². The lowest BCUT2D eigenvalue weighted by Crippen LogP contribution is -2.60. The quantitative estimate of drug-likeness (QED) is 0.0152. The average molecular weight is 893 g/mol. The van der Waals surface area contributed by atoms with Crippen LogP contribution in [0.2, 0.25) is 0 Å². The lowest BCUT2D eigenvalue weighted by atomic mass is 10.00. The van der Waals surface area contributed by atoms with E-state index in [1.807, 2.05) is 18.2 Å². The smallest absolute Gasteiger partial charge is 0.306 e. The molecule has 0 aromatic heterocycles. The third-order valence-corrected chi connectivity index (χ3v) is 10.7. The summed E-state index contributed by atoms with van der Waals surface area (Å²) in [5, 5.41) is 30.9. The van der Waals surface area contributed by atoms with Gasteiger partial charge in [0.15, 0.2) is 12.4 Å². The van der Waals surface area contributed by atoms with Gasteiger partial charge in [-0.1, -0.05) is 150 Å². The Morgan fingerprint density at radius 3 is 1.63 bits per heavy atom. The Bertz CT molecular complexity index is 1460. The SMILES string of the molecule is CCCCC/C=C/C/C=C/C/C=C/C/C=C/C/C=C/CCC(=O)O[C@H](COC(=O)CCCCCCC/C=C/C=C/CCCCCC)CO[C@H]1O[C@H](CS(=O)(=O)O)[C@@H](O)C(O)C1O. The summed E-state index contributed by atoms with van der Waals surface area (Å²) in [5.74, 6) is -2.12. The van der Waals surface area contributed by atoms with E-state index in [4.69, 9.17) is 18.9 Å². The fraction of sp³-hybridized carbons (Fsp3) is 0.673. The summed E-state index contributed by atoms with van der Waals surface area (Å²) in [6.07, 6.45) is 40.6. The zero-order chi connectivity index (χ0) is 45.5. The van der Waals surface area contributed by atoms with Gasteiger partial charge in [-0.2, -0.15) is 8.42 Å². The van der Waals surface area contributed by atoms with Crippen molar-refractivity contribution in [1.29, 1.82) is 0 Å². The van der Waals surface area contributed by atoms with Crippen LogP contribution in [0.1, 0.15) is 155 Å². The van der Waals surface area contributed by atoms with Gasteiger partial charge in [-0.25, -0.2) is 0 Å². The number of unbranched alkanes of at least 4 members (excludes halogenated alkanes) is 12. The molecule has 4 N–H and O–H groups in total. The monoisotopic (exact) mass is 893 g/mol. The number of esters is 2. The van der Waals surface area contributed by atoms with Crippen LogP contribution in [0.4, 0.5) is 0 Å². The maximum absolute atomic E-state index is 12.8. The Hall–Kier alpha value is -3.17. The van der Waals surface area contributed by atoms with Crippen molar-refractivity contribution in [1.82, 2.24) is 0 Å². The van der Waals surface area contributed by atoms with Crippen LogP contribution in [0.3, 0.4) is 0 Å². The van der Waals surface area contributed by atoms with Gasteiger partial charge in [0.25, 0.3) is 10.1 Å². The second-order valence-corrected chi connectivity index (χ2v) is 17.2. The van der Waals surface area contributed by atoms with Gasteiger partial charge in [-0.3, -0.25) is 14.1 Å². The maximum atomic E-state index is 12.8. The van der Waals surface area contributed by atoms with Gasteiger partial charge in [0.2, 0.25) is 0 Å². The van der Waals surface area contributed by atoms with Gasteiger partial charge in [0.05, 0.1) is 6.61 Å². The summed E-state index contributed by atoms with van der Waals surface area (Å²) in [5.41, 5.74) is 0. The lowest BCUT2D eigenvalue weighted by molar-refractivity contribution is -0.297. The van der Waals surface area contributed by atoms with Gasteiger partial charge in [0.1, 0.15) is 36.8 Å². The molecule has 1 fully saturated rings. The summed E-state index contributed by atoms with van der Waals surface area (Å²) in [7, 11) is -4.62. The second kappa shape index (κ2) is 38.3. The Balaban J connectivity index is 2.52. The van der Waals surface area contributed by atoms with Crippen molar-refractivity contribution in [3.63, 3.8) is 0 Å². The molecule has 0 amide bonds. The molecule has 1 aliphatic heterocycles. The highest BCUT2D eigenvalue weighted by molar-refractivity contribution is 7.85. The topological polar surface area (TPSA) is 186 Å². The first kappa shape index (κ1) is 56.8. The Labute approximate surface area is 373 Å². The minimum absolute atomic E-state index is 0.0328. The average Bonchev–Trinajstić information content (AvgIpc) is 3.24. The molecule has 1 heterocycles. The third kappa shape index (κ3) is 32.5. The normalized spacial score (nSPS) is 20.6. The van der Waals surface area contributed by atoms with Crippen LogP contribution in [0.25, 0.3) is 0 Å². The van der Waals surface area contributed by atoms with E-state index >= 15 is 0 Å². The van der Waals surface area contributed by atoms with E-state index in [0.29, 0.717) is 19.3 Å². The van der Waals surface area contributed by atoms with E-state index in [9.17, 15) is 37.9 Å². The molecule has 0 saturated carbocycles. The van der Waals surface area contributed by atoms with E-state index in [0.717, 1.165) is 64.2 Å². The molecule has 1 saturated heterocycles. The summed E-state index contributed by atoms with van der Waals surface area (Å²) in [6, 6.07) is 0. The van der Waals surface area contributed by atoms with Gasteiger partial charge >= 0.3 is 11.9 Å². The van der Waals surface area contributed by atoms with E-state index < -0.39 is 71.2 Å². The lowest BCUT2D eigenvalue weighted by Gasteiger charge is -2.40. The number of hydrogen-bond donors (Lipinski definition) is 4. The number of carbonyl (C=O) groups is 2. The number of carbonyl (C=O) groups excluding carboxylic acids is 2. The summed E-state index contributed by atoms with van der Waals surface area (Å²) in [6.45, 7) is 3.62. The summed E-state index contributed by atoms with van der Waals surface area (Å²) < 4.78 is 54.0. The highest BCUT2D eigenvalue weighted by Crippen LogP contribution is 2.24. The Morgan fingerprint density at radius 1 is 0.565 bits per heavy atom. The largest absolute Gasteiger partial charge is 0.462 e. The molecule has 62 heavy (non-hydrogen) atoms. The standard InChI is InChI=1S/C49H80O12S/c1-3-5-7-9-11-13-15-17-19-20-21-22-24-26-28-30-32-34-36-38-45(51)60-42(40-59-49-48(54)47(53)46(52)43(61-49)41-62(55,56)57)39-58-44(50)37-35-33-31-29-27-25-23-18-16-14-12-10-8-6-4-2/h11,13-14,16-19,21-23,26,28,32,34,42-43,46-49,52-54H,3-10,12,15,20,24-25,27,29-31,33,35-41H2,1-2H3,(H,55,56,57)/b13-11+,16-14+,19-17+,22-21+,23-18+,28-26+,34-32+/t42-,43-,46-,47?,48?,49+/m1/s1. The van der Waals surface area contributed by atoms with E-state index in [1.165, 1.54) is 44.9 Å². The van der Waals surface area contributed by atoms with Crippen LogP contribution in [-0.4, -0.2) is 96.0 Å². The fourth-order valence-electron chi connectivity index (χ4n) is 6.35. The first-order valence-corrected chi connectivity index (χ1v) is 24.8. The minimum Gasteiger partial charge on any atom is -0.462 e. The van der Waals surface area contributed by atoms with Crippen LogP contribution in [-0.2, 0) is 38.7 Å². The molecule has 354 valence electrons. The van der Waals surface area contributed by atoms with Gasteiger partial charge < -0.3 is 34.3 Å². The second-order valence-electron chi connectivity index (χ2n) is 15.7. The highest BCUT2D eigenvalue weighted by atomic mass is 32.2. The number of aliphatic hydroxyl groups excluding tert-OH is 3. The fourth-order valence-corrected chi connectivity index (χ4v) is 7.05. The number of ether oxygens (including phenoxy) is 4. The van der Waals surface area contributed by atoms with Crippen molar-refractivity contribution >= 4 is 22.1 Å². The molecule has 0 aliphatic carbocycles. The van der Waals surface area contributed by atoms with Crippen molar-refractivity contribution in [2.24, 2.45) is 0 Å². The summed E-state index contributed by atoms with van der Waals surface area (Å²) >= 11 is 0. The molecule has 0 spiro atoms. The van der Waals surface area contributed by atoms with E-state index in [-0.39, 0.29) is 19.4 Å². The molecular weight excluding hydrogens is 813 g/mol. The molecule has 0 bridgehead atoms. The minimum atomic E-state index is -4.62. The number of aliphatic hydroxyl groups is 3. The van der Waals surface area contributed by atoms with E-state index in [2.05, 4.69) is 80.7 Å². The Kier molecular flexibility index (Phi) is 35.1. The molecule has 1 aliphatic rings. The Morgan fingerprint density at radius 2 is 1.05 bits per heavy atom. The van der Waals surface area contributed by atoms with Crippen LogP contribution in [0.15, 0.2) is 85.1 Å². The van der Waals surface area contributed by atoms with Crippen molar-refractivity contribution in [3.05, 3.63) is 85.1 Å². The van der Waals surface area contributed by atoms with Crippen molar-refractivity contribution in [3.8, 4) is 0 Å². The van der Waals surface area contributed by atoms with Crippen molar-refractivity contribution < 1.29 is 56.8 Å². The van der Waals surface area contributed by atoms with Gasteiger partial charge in [-0.15, -0.1) is 0 Å². The molecular formula is C49H80O12S. The molecule has 0 aromatic carbocycles. The molecule has 12 nitrogen and oxygen atoms in total. The number of hydrogen-bond acceptors (Lipinski definition) is 11. The molecule has 13 heteroatoms. The van der Waals surface area contributed by atoms with Crippen molar-refractivity contribution in [2.45, 2.75) is 192 Å². The molecule has 6 atom stereocenters. The molecule has 0 aromatic rings. The molecule has 2 unspecified atom stereocenters. The number of allylic oxidation sites excluding steroid dienone is 14. The first-order chi connectivity index (χ1) is 30.0. The van der Waals surface area contributed by atoms with Gasteiger partial charge in [-0.05, 0) is 77.0 Å². The predicted molar refractivity (Wildman–Crippen MR) is 247 cm³/mol. The van der Waals surface area contributed by atoms with Crippen LogP contribution >= 0.6 is 0 Å². The zero-order valence-electron chi connectivity index (χ0n) is 37.7. The highest BCUT2D eigenvalue weighted by Gasteiger charge is 2.46. The maximum Gasteiger partial charge on any atom is 0.306 e. The summed E-state index contributed by atoms with van der Waals surface area (Å²) in [4.78, 5) is 25.4.